The quantitative estimate of drug-likeness (QED) is 0.746. The van der Waals surface area contributed by atoms with Crippen molar-refractivity contribution in [1.82, 2.24) is 25.5 Å². The number of amides is 1. The number of nitrogens with one attached hydrogen (secondary N) is 1. The number of nitrogens with zero attached hydrogens (tertiary/aromatic N) is 4. The third kappa shape index (κ3) is 4.87. The summed E-state index contributed by atoms with van der Waals surface area (Å²) in [6.07, 6.45) is 0.458. The molecule has 0 aliphatic carbocycles. The maximum Gasteiger partial charge on any atom is 0.303 e. The predicted octanol–water partition coefficient (Wildman–Crippen LogP) is 0.992. The lowest BCUT2D eigenvalue weighted by atomic mass is 10.0. The van der Waals surface area contributed by atoms with Crippen molar-refractivity contribution in [1.29, 1.82) is 0 Å². The molecule has 1 heterocycles. The molecule has 2 rings (SSSR count). The summed E-state index contributed by atoms with van der Waals surface area (Å²) in [7, 11) is 0. The molecule has 2 N–H and O–H groups in total. The number of benzene rings is 1. The number of hydrogen-bond acceptors (Lipinski definition) is 5. The third-order valence-corrected chi connectivity index (χ3v) is 3.67. The van der Waals surface area contributed by atoms with Crippen LogP contribution in [-0.2, 0) is 16.0 Å². The van der Waals surface area contributed by atoms with Gasteiger partial charge in [0.1, 0.15) is 11.9 Å². The number of rotatable bonds is 8. The number of aliphatic carboxylic acids is 1. The molecule has 8 heteroatoms. The Kier molecular flexibility index (Phi) is 6.00. The number of aryl methyl sites for hydroxylation is 1. The molecule has 2 unspecified atom stereocenters. The molecule has 0 fully saturated rings. The van der Waals surface area contributed by atoms with E-state index in [4.69, 9.17) is 5.11 Å². The number of carbonyl (C=O) groups excluding carboxylic acids is 1. The van der Waals surface area contributed by atoms with E-state index in [9.17, 15) is 9.59 Å². The normalized spacial score (nSPS) is 13.2. The summed E-state index contributed by atoms with van der Waals surface area (Å²) in [6.45, 7) is 3.80. The molecule has 0 bridgehead atoms. The van der Waals surface area contributed by atoms with Crippen molar-refractivity contribution in [2.45, 2.75) is 32.7 Å². The van der Waals surface area contributed by atoms with Gasteiger partial charge in [0, 0.05) is 19.4 Å². The first-order chi connectivity index (χ1) is 11.5. The van der Waals surface area contributed by atoms with Crippen molar-refractivity contribution in [3.8, 4) is 0 Å². The first kappa shape index (κ1) is 17.6. The monoisotopic (exact) mass is 331 g/mol. The fourth-order valence-corrected chi connectivity index (χ4v) is 2.42. The SMILES string of the molecule is Cc1nnnn1C(Cc1ccccc1)C(=O)NCC(C)CC(=O)O. The van der Waals surface area contributed by atoms with E-state index in [2.05, 4.69) is 20.8 Å². The highest BCUT2D eigenvalue weighted by Crippen LogP contribution is 2.15. The van der Waals surface area contributed by atoms with E-state index in [-0.39, 0.29) is 24.8 Å². The molecule has 1 aromatic carbocycles. The third-order valence-electron chi connectivity index (χ3n) is 3.67. The van der Waals surface area contributed by atoms with Gasteiger partial charge in [-0.15, -0.1) is 5.10 Å². The number of tetrazole rings is 1. The predicted molar refractivity (Wildman–Crippen MR) is 86.2 cm³/mol. The van der Waals surface area contributed by atoms with Gasteiger partial charge in [-0.25, -0.2) is 4.68 Å². The molecule has 8 nitrogen and oxygen atoms in total. The van der Waals surface area contributed by atoms with Crippen LogP contribution in [-0.4, -0.2) is 43.7 Å². The second-order valence-corrected chi connectivity index (χ2v) is 5.82. The van der Waals surface area contributed by atoms with Crippen molar-refractivity contribution < 1.29 is 14.7 Å². The lowest BCUT2D eigenvalue weighted by Crippen LogP contribution is -2.37. The summed E-state index contributed by atoms with van der Waals surface area (Å²) in [5.74, 6) is -0.719. The van der Waals surface area contributed by atoms with Gasteiger partial charge in [0.25, 0.3) is 0 Å². The number of carbonyl (C=O) groups is 2. The molecule has 2 atom stereocenters. The molecule has 0 saturated carbocycles. The summed E-state index contributed by atoms with van der Waals surface area (Å²) < 4.78 is 1.49. The Morgan fingerprint density at radius 2 is 2.00 bits per heavy atom. The summed E-state index contributed by atoms with van der Waals surface area (Å²) in [4.78, 5) is 23.3. The fraction of sp³-hybridized carbons (Fsp3) is 0.438. The van der Waals surface area contributed by atoms with Gasteiger partial charge in [0.15, 0.2) is 0 Å². The average molecular weight is 331 g/mol. The van der Waals surface area contributed by atoms with Crippen LogP contribution in [0.25, 0.3) is 0 Å². The van der Waals surface area contributed by atoms with E-state index >= 15 is 0 Å². The molecule has 0 spiro atoms. The Hall–Kier alpha value is -2.77. The standard InChI is InChI=1S/C16H21N5O3/c1-11(8-15(22)23)10-17-16(24)14(21-12(2)18-19-20-21)9-13-6-4-3-5-7-13/h3-7,11,14H,8-10H2,1-2H3,(H,17,24)(H,22,23). The summed E-state index contributed by atoms with van der Waals surface area (Å²) >= 11 is 0. The topological polar surface area (TPSA) is 110 Å². The van der Waals surface area contributed by atoms with E-state index < -0.39 is 12.0 Å². The Labute approximate surface area is 139 Å². The highest BCUT2D eigenvalue weighted by Gasteiger charge is 2.24. The van der Waals surface area contributed by atoms with Crippen molar-refractivity contribution in [3.05, 3.63) is 41.7 Å². The summed E-state index contributed by atoms with van der Waals surface area (Å²) in [5.41, 5.74) is 0.992. The number of hydrogen-bond donors (Lipinski definition) is 2. The smallest absolute Gasteiger partial charge is 0.303 e. The molecule has 1 amide bonds. The Morgan fingerprint density at radius 3 is 2.58 bits per heavy atom. The van der Waals surface area contributed by atoms with Crippen LogP contribution in [0, 0.1) is 12.8 Å². The van der Waals surface area contributed by atoms with Crippen molar-refractivity contribution in [3.63, 3.8) is 0 Å². The number of carboxylic acid groups (broad SMARTS) is 1. The minimum absolute atomic E-state index is 0.00748. The van der Waals surface area contributed by atoms with Crippen LogP contribution in [0.4, 0.5) is 0 Å². The van der Waals surface area contributed by atoms with E-state index in [1.54, 1.807) is 13.8 Å². The van der Waals surface area contributed by atoms with Gasteiger partial charge in [0.05, 0.1) is 0 Å². The first-order valence-corrected chi connectivity index (χ1v) is 7.75. The van der Waals surface area contributed by atoms with Crippen LogP contribution in [0.15, 0.2) is 30.3 Å². The number of aromatic nitrogens is 4. The molecule has 128 valence electrons. The first-order valence-electron chi connectivity index (χ1n) is 7.75. The lowest BCUT2D eigenvalue weighted by molar-refractivity contribution is -0.138. The molecular formula is C16H21N5O3. The minimum Gasteiger partial charge on any atom is -0.481 e. The Balaban J connectivity index is 2.09. The molecular weight excluding hydrogens is 310 g/mol. The van der Waals surface area contributed by atoms with Crippen LogP contribution in [0.5, 0.6) is 0 Å². The molecule has 0 aliphatic heterocycles. The van der Waals surface area contributed by atoms with Gasteiger partial charge in [-0.2, -0.15) is 0 Å². The van der Waals surface area contributed by atoms with Crippen LogP contribution >= 0.6 is 0 Å². The van der Waals surface area contributed by atoms with Crippen LogP contribution in [0.1, 0.15) is 30.8 Å². The van der Waals surface area contributed by atoms with Gasteiger partial charge < -0.3 is 10.4 Å². The van der Waals surface area contributed by atoms with Gasteiger partial charge in [-0.3, -0.25) is 9.59 Å². The summed E-state index contributed by atoms with van der Waals surface area (Å²) in [5, 5.41) is 23.0. The van der Waals surface area contributed by atoms with Crippen molar-refractivity contribution >= 4 is 11.9 Å². The van der Waals surface area contributed by atoms with Crippen molar-refractivity contribution in [2.75, 3.05) is 6.54 Å². The second-order valence-electron chi connectivity index (χ2n) is 5.82. The average Bonchev–Trinajstić information content (AvgIpc) is 2.96. The zero-order valence-corrected chi connectivity index (χ0v) is 13.7. The molecule has 0 aliphatic rings. The van der Waals surface area contributed by atoms with Crippen LogP contribution in [0.3, 0.4) is 0 Å². The Morgan fingerprint density at radius 1 is 1.29 bits per heavy atom. The largest absolute Gasteiger partial charge is 0.481 e. The van der Waals surface area contributed by atoms with E-state index in [1.807, 2.05) is 30.3 Å². The molecule has 0 saturated heterocycles. The van der Waals surface area contributed by atoms with Crippen LogP contribution < -0.4 is 5.32 Å². The minimum atomic E-state index is -0.881. The van der Waals surface area contributed by atoms with Crippen LogP contribution in [0.2, 0.25) is 0 Å². The van der Waals surface area contributed by atoms with Gasteiger partial charge in [-0.05, 0) is 28.8 Å². The lowest BCUT2D eigenvalue weighted by Gasteiger charge is -2.19. The Bertz CT molecular complexity index is 686. The molecule has 2 aromatic rings. The fourth-order valence-electron chi connectivity index (χ4n) is 2.42. The van der Waals surface area contributed by atoms with Gasteiger partial charge >= 0.3 is 5.97 Å². The van der Waals surface area contributed by atoms with Crippen molar-refractivity contribution in [2.24, 2.45) is 5.92 Å². The second kappa shape index (κ2) is 8.19. The zero-order valence-electron chi connectivity index (χ0n) is 13.7. The maximum absolute atomic E-state index is 12.6. The van der Waals surface area contributed by atoms with E-state index in [0.717, 1.165) is 5.56 Å². The van der Waals surface area contributed by atoms with E-state index in [1.165, 1.54) is 4.68 Å². The molecule has 1 aromatic heterocycles. The number of carboxylic acids is 1. The van der Waals surface area contributed by atoms with Gasteiger partial charge in [0.2, 0.25) is 5.91 Å². The highest BCUT2D eigenvalue weighted by molar-refractivity contribution is 5.80. The zero-order chi connectivity index (χ0) is 17.5. The van der Waals surface area contributed by atoms with Gasteiger partial charge in [-0.1, -0.05) is 37.3 Å². The van der Waals surface area contributed by atoms with E-state index in [0.29, 0.717) is 12.2 Å². The maximum atomic E-state index is 12.6. The summed E-state index contributed by atoms with van der Waals surface area (Å²) in [6, 6.07) is 9.02. The highest BCUT2D eigenvalue weighted by atomic mass is 16.4. The molecule has 0 radical (unpaired) electrons. The molecule has 24 heavy (non-hydrogen) atoms.